The number of benzene rings is 2. The number of nitrogens with zero attached hydrogens (tertiary/aromatic N) is 3. The van der Waals surface area contributed by atoms with Crippen molar-refractivity contribution in [2.45, 2.75) is 44.6 Å². The molecule has 43 heavy (non-hydrogen) atoms. The number of amides is 1. The van der Waals surface area contributed by atoms with Crippen LogP contribution in [0.3, 0.4) is 0 Å². The van der Waals surface area contributed by atoms with E-state index in [1.165, 1.54) is 11.3 Å². The van der Waals surface area contributed by atoms with Crippen LogP contribution < -0.4 is 24.4 Å². The third-order valence-electron chi connectivity index (χ3n) is 7.32. The van der Waals surface area contributed by atoms with E-state index in [9.17, 15) is 14.4 Å². The first-order valence-corrected chi connectivity index (χ1v) is 16.4. The van der Waals surface area contributed by atoms with Crippen LogP contribution in [-0.4, -0.2) is 60.5 Å². The predicted octanol–water partition coefficient (Wildman–Crippen LogP) is 3.92. The number of likely N-dealkylation sites (tertiary alicyclic amines) is 1. The molecule has 2 aliphatic rings. The average Bonchev–Trinajstić information content (AvgIpc) is 3.65. The maximum Gasteiger partial charge on any atom is 0.338 e. The molecule has 3 heterocycles. The van der Waals surface area contributed by atoms with Gasteiger partial charge in [0.25, 0.3) is 11.5 Å². The van der Waals surface area contributed by atoms with Gasteiger partial charge in [-0.3, -0.25) is 14.2 Å². The van der Waals surface area contributed by atoms with Gasteiger partial charge in [-0.05, 0) is 81.3 Å². The van der Waals surface area contributed by atoms with Gasteiger partial charge >= 0.3 is 5.97 Å². The summed E-state index contributed by atoms with van der Waals surface area (Å²) < 4.78 is 19.1. The van der Waals surface area contributed by atoms with E-state index in [-0.39, 0.29) is 24.7 Å². The van der Waals surface area contributed by atoms with Crippen LogP contribution in [0.4, 0.5) is 0 Å². The van der Waals surface area contributed by atoms with Gasteiger partial charge in [0.05, 0.1) is 35.1 Å². The standard InChI is InChI=1S/C32H35N3O6S2/c1-5-39-25-17-21(9-14-24(25)41-19-27(36)34-15-7-8-16-34)18-26-30(37)35-29(22-10-12-23(42-4)13-11-22)28(31(38)40-6-2)20(3)33-32(35)43-26/h9-14,17-18,29H,5-8,15-16,19H2,1-4H3/b26-18+/t29-/m1/s1. The summed E-state index contributed by atoms with van der Waals surface area (Å²) in [4.78, 5) is 47.6. The largest absolute Gasteiger partial charge is 0.490 e. The minimum Gasteiger partial charge on any atom is -0.490 e. The minimum absolute atomic E-state index is 0.0414. The van der Waals surface area contributed by atoms with E-state index in [1.54, 1.807) is 48.4 Å². The Balaban J connectivity index is 1.52. The first-order chi connectivity index (χ1) is 20.8. The van der Waals surface area contributed by atoms with Gasteiger partial charge in [0.15, 0.2) is 22.9 Å². The minimum atomic E-state index is -0.670. The van der Waals surface area contributed by atoms with Crippen molar-refractivity contribution in [2.24, 2.45) is 4.99 Å². The molecule has 5 rings (SSSR count). The number of esters is 1. The molecule has 1 amide bonds. The van der Waals surface area contributed by atoms with Crippen LogP contribution in [0.1, 0.15) is 50.8 Å². The summed E-state index contributed by atoms with van der Waals surface area (Å²) in [5.41, 5.74) is 2.14. The SMILES string of the molecule is CCOC(=O)C1=C(C)N=c2s/c(=C/c3ccc(OCC(=O)N4CCCC4)c(OCC)c3)c(=O)n2[C@@H]1c1ccc(SC)cc1. The molecule has 0 aliphatic carbocycles. The maximum atomic E-state index is 13.9. The molecule has 2 aromatic carbocycles. The van der Waals surface area contributed by atoms with E-state index >= 15 is 0 Å². The zero-order chi connectivity index (χ0) is 30.5. The number of thiazole rings is 1. The molecule has 0 saturated carbocycles. The van der Waals surface area contributed by atoms with E-state index in [4.69, 9.17) is 14.2 Å². The normalized spacial score (nSPS) is 16.6. The van der Waals surface area contributed by atoms with Gasteiger partial charge in [-0.1, -0.05) is 29.5 Å². The fourth-order valence-corrected chi connectivity index (χ4v) is 6.70. The van der Waals surface area contributed by atoms with Gasteiger partial charge in [-0.25, -0.2) is 9.79 Å². The predicted molar refractivity (Wildman–Crippen MR) is 168 cm³/mol. The Morgan fingerprint density at radius 3 is 2.47 bits per heavy atom. The Morgan fingerprint density at radius 1 is 1.05 bits per heavy atom. The lowest BCUT2D eigenvalue weighted by Crippen LogP contribution is -2.39. The van der Waals surface area contributed by atoms with Crippen molar-refractivity contribution in [3.05, 3.63) is 84.5 Å². The summed E-state index contributed by atoms with van der Waals surface area (Å²) in [6, 6.07) is 12.5. The number of hydrogen-bond donors (Lipinski definition) is 0. The second kappa shape index (κ2) is 13.6. The quantitative estimate of drug-likeness (QED) is 0.250. The Kier molecular flexibility index (Phi) is 9.72. The Bertz CT molecular complexity index is 1720. The lowest BCUT2D eigenvalue weighted by molar-refractivity contribution is -0.139. The molecule has 3 aromatic rings. The van der Waals surface area contributed by atoms with Crippen molar-refractivity contribution in [1.29, 1.82) is 0 Å². The highest BCUT2D eigenvalue weighted by Crippen LogP contribution is 2.32. The maximum absolute atomic E-state index is 13.9. The summed E-state index contributed by atoms with van der Waals surface area (Å²) in [6.45, 7) is 7.50. The van der Waals surface area contributed by atoms with Crippen molar-refractivity contribution in [3.8, 4) is 11.5 Å². The number of thioether (sulfide) groups is 1. The van der Waals surface area contributed by atoms with Crippen molar-refractivity contribution in [1.82, 2.24) is 9.47 Å². The van der Waals surface area contributed by atoms with Crippen molar-refractivity contribution < 1.29 is 23.8 Å². The topological polar surface area (TPSA) is 99.4 Å². The molecule has 0 bridgehead atoms. The van der Waals surface area contributed by atoms with Crippen LogP contribution >= 0.6 is 23.1 Å². The lowest BCUT2D eigenvalue weighted by atomic mass is 9.96. The molecule has 2 aliphatic heterocycles. The van der Waals surface area contributed by atoms with Gasteiger partial charge < -0.3 is 19.1 Å². The van der Waals surface area contributed by atoms with Crippen LogP contribution in [-0.2, 0) is 14.3 Å². The monoisotopic (exact) mass is 621 g/mol. The van der Waals surface area contributed by atoms with Crippen LogP contribution in [0, 0.1) is 0 Å². The molecule has 0 spiro atoms. The van der Waals surface area contributed by atoms with Crippen LogP contribution in [0.25, 0.3) is 6.08 Å². The smallest absolute Gasteiger partial charge is 0.338 e. The van der Waals surface area contributed by atoms with E-state index in [0.29, 0.717) is 38.7 Å². The number of carbonyl (C=O) groups excluding carboxylic acids is 2. The first-order valence-electron chi connectivity index (χ1n) is 14.4. The Hall–Kier alpha value is -3.83. The highest BCUT2D eigenvalue weighted by Gasteiger charge is 2.33. The number of hydrogen-bond acceptors (Lipinski definition) is 9. The molecule has 0 unspecified atom stereocenters. The highest BCUT2D eigenvalue weighted by molar-refractivity contribution is 7.98. The lowest BCUT2D eigenvalue weighted by Gasteiger charge is -2.24. The molecule has 0 radical (unpaired) electrons. The Labute approximate surface area is 258 Å². The van der Waals surface area contributed by atoms with Gasteiger partial charge in [0, 0.05) is 18.0 Å². The van der Waals surface area contributed by atoms with Crippen molar-refractivity contribution in [3.63, 3.8) is 0 Å². The number of allylic oxidation sites excluding steroid dienone is 1. The van der Waals surface area contributed by atoms with Crippen LogP contribution in [0.15, 0.2) is 68.4 Å². The molecule has 11 heteroatoms. The van der Waals surface area contributed by atoms with E-state index in [2.05, 4.69) is 4.99 Å². The molecule has 1 fully saturated rings. The fraction of sp³-hybridized carbons (Fsp3) is 0.375. The zero-order valence-corrected chi connectivity index (χ0v) is 26.4. The molecular weight excluding hydrogens is 587 g/mol. The second-order valence-corrected chi connectivity index (χ2v) is 12.0. The molecule has 9 nitrogen and oxygen atoms in total. The van der Waals surface area contributed by atoms with Gasteiger partial charge in [0.1, 0.15) is 0 Å². The van der Waals surface area contributed by atoms with Gasteiger partial charge in [-0.15, -0.1) is 11.8 Å². The number of aromatic nitrogens is 1. The summed E-state index contributed by atoms with van der Waals surface area (Å²) in [6.07, 6.45) is 5.81. The van der Waals surface area contributed by atoms with Gasteiger partial charge in [0.2, 0.25) is 0 Å². The number of rotatable bonds is 10. The molecule has 226 valence electrons. The van der Waals surface area contributed by atoms with Crippen LogP contribution in [0.5, 0.6) is 11.5 Å². The second-order valence-electron chi connectivity index (χ2n) is 10.1. The zero-order valence-electron chi connectivity index (χ0n) is 24.8. The van der Waals surface area contributed by atoms with E-state index in [0.717, 1.165) is 42.0 Å². The van der Waals surface area contributed by atoms with Crippen molar-refractivity contribution in [2.75, 3.05) is 39.2 Å². The molecular formula is C32H35N3O6S2. The molecule has 1 atom stereocenters. The Morgan fingerprint density at radius 2 is 1.79 bits per heavy atom. The summed E-state index contributed by atoms with van der Waals surface area (Å²) >= 11 is 2.88. The molecule has 1 aromatic heterocycles. The fourth-order valence-electron chi connectivity index (χ4n) is 5.24. The van der Waals surface area contributed by atoms with E-state index < -0.39 is 12.0 Å². The summed E-state index contributed by atoms with van der Waals surface area (Å²) in [5.74, 6) is 0.430. The first kappa shape index (κ1) is 30.6. The number of carbonyl (C=O) groups is 2. The van der Waals surface area contributed by atoms with Crippen molar-refractivity contribution >= 4 is 41.1 Å². The summed E-state index contributed by atoms with van der Waals surface area (Å²) in [7, 11) is 0. The highest BCUT2D eigenvalue weighted by atomic mass is 32.2. The number of fused-ring (bicyclic) bond motifs is 1. The average molecular weight is 622 g/mol. The van der Waals surface area contributed by atoms with E-state index in [1.807, 2.05) is 48.4 Å². The number of ether oxygens (including phenoxy) is 3. The molecule has 0 N–H and O–H groups in total. The molecule has 1 saturated heterocycles. The third kappa shape index (κ3) is 6.57. The third-order valence-corrected chi connectivity index (χ3v) is 9.05. The summed E-state index contributed by atoms with van der Waals surface area (Å²) in [5, 5.41) is 0. The van der Waals surface area contributed by atoms with Crippen LogP contribution in [0.2, 0.25) is 0 Å². The van der Waals surface area contributed by atoms with Gasteiger partial charge in [-0.2, -0.15) is 0 Å².